The highest BCUT2D eigenvalue weighted by Crippen LogP contribution is 2.33. The number of benzene rings is 1. The molecule has 146 valence electrons. The Bertz CT molecular complexity index is 969. The van der Waals surface area contributed by atoms with Crippen LogP contribution in [0.1, 0.15) is 57.9 Å². The van der Waals surface area contributed by atoms with Crippen molar-refractivity contribution in [3.63, 3.8) is 0 Å². The summed E-state index contributed by atoms with van der Waals surface area (Å²) < 4.78 is 7.66. The van der Waals surface area contributed by atoms with Crippen molar-refractivity contribution < 1.29 is 4.74 Å². The molecule has 0 saturated heterocycles. The number of imidazole rings is 1. The molecule has 0 aliphatic heterocycles. The number of nitriles is 1. The van der Waals surface area contributed by atoms with Gasteiger partial charge in [-0.3, -0.25) is 5.10 Å². The molecule has 2 heterocycles. The van der Waals surface area contributed by atoms with E-state index < -0.39 is 0 Å². The van der Waals surface area contributed by atoms with Crippen LogP contribution in [0.3, 0.4) is 0 Å². The van der Waals surface area contributed by atoms with E-state index in [-0.39, 0.29) is 6.10 Å². The lowest BCUT2D eigenvalue weighted by atomic mass is 10.1. The normalized spacial score (nSPS) is 15.5. The molecule has 2 N–H and O–H groups in total. The van der Waals surface area contributed by atoms with Gasteiger partial charge >= 0.3 is 0 Å². The van der Waals surface area contributed by atoms with Crippen LogP contribution in [0.25, 0.3) is 16.9 Å². The summed E-state index contributed by atoms with van der Waals surface area (Å²) in [5, 5.41) is 16.3. The molecule has 4 rings (SSSR count). The zero-order chi connectivity index (χ0) is 19.5. The lowest BCUT2D eigenvalue weighted by molar-refractivity contribution is 0.242. The number of nitrogens with one attached hydrogen (secondary N) is 2. The number of rotatable bonds is 5. The monoisotopic (exact) mass is 377 g/mol. The zero-order valence-electron chi connectivity index (χ0n) is 16.5. The first-order valence-electron chi connectivity index (χ1n) is 10.2. The molecular weight excluding hydrogens is 350 g/mol. The molecule has 1 saturated carbocycles. The maximum Gasteiger partial charge on any atom is 0.173 e. The van der Waals surface area contributed by atoms with Gasteiger partial charge < -0.3 is 10.1 Å². The Morgan fingerprint density at radius 3 is 2.54 bits per heavy atom. The van der Waals surface area contributed by atoms with Gasteiger partial charge in [0, 0.05) is 17.8 Å². The first kappa shape index (κ1) is 18.4. The molecule has 1 aliphatic rings. The highest BCUT2D eigenvalue weighted by Gasteiger charge is 2.21. The van der Waals surface area contributed by atoms with E-state index >= 15 is 0 Å². The number of ether oxygens (including phenoxy) is 1. The van der Waals surface area contributed by atoms with Gasteiger partial charge in [0.2, 0.25) is 0 Å². The van der Waals surface area contributed by atoms with Gasteiger partial charge in [-0.1, -0.05) is 25.7 Å². The standard InChI is InChI=1S/C22H27N5O/c1-15(2)28-19-11-9-16(10-12-19)20-22(25-18-7-5-3-4-6-8-18)27-21(26-20)17(13-23)14-24-27/h9-12,14-15,18,24-25H,3-8H2,1-2H3. The van der Waals surface area contributed by atoms with Crippen LogP contribution in [0.5, 0.6) is 5.75 Å². The van der Waals surface area contributed by atoms with E-state index in [1.807, 2.05) is 42.6 Å². The van der Waals surface area contributed by atoms with E-state index in [4.69, 9.17) is 9.72 Å². The molecule has 28 heavy (non-hydrogen) atoms. The molecule has 0 unspecified atom stereocenters. The van der Waals surface area contributed by atoms with Crippen LogP contribution >= 0.6 is 0 Å². The molecule has 1 aromatic carbocycles. The predicted molar refractivity (Wildman–Crippen MR) is 111 cm³/mol. The second kappa shape index (κ2) is 7.97. The van der Waals surface area contributed by atoms with E-state index in [9.17, 15) is 5.26 Å². The highest BCUT2D eigenvalue weighted by molar-refractivity contribution is 5.78. The van der Waals surface area contributed by atoms with Crippen LogP contribution in [0.15, 0.2) is 30.5 Å². The minimum absolute atomic E-state index is 0.141. The van der Waals surface area contributed by atoms with Crippen LogP contribution < -0.4 is 10.1 Å². The summed E-state index contributed by atoms with van der Waals surface area (Å²) in [7, 11) is 0. The van der Waals surface area contributed by atoms with E-state index in [1.165, 1.54) is 38.5 Å². The fourth-order valence-corrected chi connectivity index (χ4v) is 3.92. The molecule has 0 atom stereocenters. The average molecular weight is 377 g/mol. The van der Waals surface area contributed by atoms with Gasteiger partial charge in [0.1, 0.15) is 23.1 Å². The number of hydrogen-bond donors (Lipinski definition) is 2. The maximum absolute atomic E-state index is 9.41. The minimum atomic E-state index is 0.141. The van der Waals surface area contributed by atoms with Crippen molar-refractivity contribution >= 4 is 11.5 Å². The largest absolute Gasteiger partial charge is 0.491 e. The molecule has 3 aromatic rings. The van der Waals surface area contributed by atoms with Crippen LogP contribution in [-0.4, -0.2) is 26.7 Å². The third-order valence-corrected chi connectivity index (χ3v) is 5.27. The fraction of sp³-hybridized carbons (Fsp3) is 0.455. The van der Waals surface area contributed by atoms with Crippen molar-refractivity contribution in [2.45, 2.75) is 64.5 Å². The second-order valence-corrected chi connectivity index (χ2v) is 7.79. The molecule has 0 spiro atoms. The Morgan fingerprint density at radius 2 is 1.89 bits per heavy atom. The summed E-state index contributed by atoms with van der Waals surface area (Å²) >= 11 is 0. The maximum atomic E-state index is 9.41. The van der Waals surface area contributed by atoms with Gasteiger partial charge in [0.05, 0.1) is 6.10 Å². The Morgan fingerprint density at radius 1 is 1.18 bits per heavy atom. The SMILES string of the molecule is CC(C)Oc1ccc(-c2nc3c(C#N)c[nH]n3c2NC2CCCCCC2)cc1. The lowest BCUT2D eigenvalue weighted by Crippen LogP contribution is -2.20. The first-order valence-corrected chi connectivity index (χ1v) is 10.2. The topological polar surface area (TPSA) is 78.1 Å². The summed E-state index contributed by atoms with van der Waals surface area (Å²) in [4.78, 5) is 4.80. The quantitative estimate of drug-likeness (QED) is 0.605. The lowest BCUT2D eigenvalue weighted by Gasteiger charge is -2.18. The van der Waals surface area contributed by atoms with Crippen LogP contribution in [0, 0.1) is 11.3 Å². The summed E-state index contributed by atoms with van der Waals surface area (Å²) in [6.45, 7) is 4.04. The molecule has 2 aromatic heterocycles. The third-order valence-electron chi connectivity index (χ3n) is 5.27. The molecular formula is C22H27N5O. The molecule has 0 radical (unpaired) electrons. The number of H-pyrrole nitrogens is 1. The van der Waals surface area contributed by atoms with Crippen molar-refractivity contribution in [1.29, 1.82) is 5.26 Å². The molecule has 6 nitrogen and oxygen atoms in total. The van der Waals surface area contributed by atoms with Crippen LogP contribution in [-0.2, 0) is 0 Å². The number of fused-ring (bicyclic) bond motifs is 1. The van der Waals surface area contributed by atoms with E-state index in [2.05, 4.69) is 16.5 Å². The molecule has 1 fully saturated rings. The molecule has 0 amide bonds. The number of anilines is 1. The van der Waals surface area contributed by atoms with Crippen molar-refractivity contribution in [3.05, 3.63) is 36.0 Å². The Hall–Kier alpha value is -2.94. The van der Waals surface area contributed by atoms with Crippen molar-refractivity contribution in [2.24, 2.45) is 0 Å². The fourth-order valence-electron chi connectivity index (χ4n) is 3.92. The summed E-state index contributed by atoms with van der Waals surface area (Å²) in [5.41, 5.74) is 3.09. The number of nitrogens with zero attached hydrogens (tertiary/aromatic N) is 3. The van der Waals surface area contributed by atoms with E-state index in [0.29, 0.717) is 17.3 Å². The summed E-state index contributed by atoms with van der Waals surface area (Å²) in [6.07, 6.45) is 9.32. The second-order valence-electron chi connectivity index (χ2n) is 7.79. The van der Waals surface area contributed by atoms with Gasteiger partial charge in [-0.15, -0.1) is 0 Å². The van der Waals surface area contributed by atoms with Crippen LogP contribution in [0.4, 0.5) is 5.82 Å². The van der Waals surface area contributed by atoms with Crippen LogP contribution in [0.2, 0.25) is 0 Å². The zero-order valence-corrected chi connectivity index (χ0v) is 16.5. The van der Waals surface area contributed by atoms with Gasteiger partial charge in [-0.25, -0.2) is 9.50 Å². The number of aromatic amines is 1. The number of aromatic nitrogens is 3. The third kappa shape index (κ3) is 3.70. The molecule has 6 heteroatoms. The van der Waals surface area contributed by atoms with Gasteiger partial charge in [0.25, 0.3) is 0 Å². The van der Waals surface area contributed by atoms with Crippen molar-refractivity contribution in [1.82, 2.24) is 14.6 Å². The predicted octanol–water partition coefficient (Wildman–Crippen LogP) is 5.12. The average Bonchev–Trinajstić information content (AvgIpc) is 3.12. The van der Waals surface area contributed by atoms with Gasteiger partial charge in [-0.2, -0.15) is 5.26 Å². The van der Waals surface area contributed by atoms with Gasteiger partial charge in [0.15, 0.2) is 11.5 Å². The Labute approximate surface area is 165 Å². The minimum Gasteiger partial charge on any atom is -0.491 e. The summed E-state index contributed by atoms with van der Waals surface area (Å²) in [6, 6.07) is 10.7. The van der Waals surface area contributed by atoms with Crippen molar-refractivity contribution in [3.8, 4) is 23.1 Å². The van der Waals surface area contributed by atoms with E-state index in [1.54, 1.807) is 6.20 Å². The number of hydrogen-bond acceptors (Lipinski definition) is 4. The first-order chi connectivity index (χ1) is 13.7. The van der Waals surface area contributed by atoms with Crippen molar-refractivity contribution in [2.75, 3.05) is 5.32 Å². The van der Waals surface area contributed by atoms with Gasteiger partial charge in [-0.05, 0) is 51.0 Å². The molecule has 0 bridgehead atoms. The van der Waals surface area contributed by atoms with E-state index in [0.717, 1.165) is 22.8 Å². The highest BCUT2D eigenvalue weighted by atomic mass is 16.5. The molecule has 1 aliphatic carbocycles. The Balaban J connectivity index is 1.72. The smallest absolute Gasteiger partial charge is 0.173 e. The Kier molecular flexibility index (Phi) is 5.25. The summed E-state index contributed by atoms with van der Waals surface area (Å²) in [5.74, 6) is 1.78.